The number of allylic oxidation sites excluding steroid dienone is 1. The van der Waals surface area contributed by atoms with E-state index in [4.69, 9.17) is 4.74 Å². The minimum atomic E-state index is -0.479. The Bertz CT molecular complexity index is 646. The Morgan fingerprint density at radius 3 is 2.54 bits per heavy atom. The van der Waals surface area contributed by atoms with Crippen molar-refractivity contribution < 1.29 is 14.3 Å². The fourth-order valence-electron chi connectivity index (χ4n) is 3.14. The third kappa shape index (κ3) is 5.10. The van der Waals surface area contributed by atoms with E-state index < -0.39 is 6.04 Å². The predicted octanol–water partition coefficient (Wildman–Crippen LogP) is 4.55. The highest BCUT2D eigenvalue weighted by Crippen LogP contribution is 2.31. The van der Waals surface area contributed by atoms with Crippen molar-refractivity contribution >= 4 is 27.9 Å². The van der Waals surface area contributed by atoms with E-state index in [1.54, 1.807) is 11.8 Å². The lowest BCUT2D eigenvalue weighted by Gasteiger charge is -2.35. The van der Waals surface area contributed by atoms with Crippen LogP contribution < -0.4 is 5.32 Å². The number of benzene rings is 1. The number of alkyl halides is 1. The molecule has 26 heavy (non-hydrogen) atoms. The summed E-state index contributed by atoms with van der Waals surface area (Å²) >= 11 is 3.43. The standard InChI is InChI=1S/C20H27BrN2O3/c1-3-26-19(24)17-15(2)23(14-10-5-4-9-13-21)20(25)22-18(17)16-11-7-6-8-12-16/h6-8,11-12,18H,3-5,9-10,13-14H2,1-2H3,(H,22,25). The molecule has 1 aromatic carbocycles. The van der Waals surface area contributed by atoms with Gasteiger partial charge < -0.3 is 10.1 Å². The third-order valence-electron chi connectivity index (χ3n) is 4.49. The number of nitrogens with zero attached hydrogens (tertiary/aromatic N) is 1. The highest BCUT2D eigenvalue weighted by molar-refractivity contribution is 9.09. The Morgan fingerprint density at radius 1 is 1.19 bits per heavy atom. The van der Waals surface area contributed by atoms with Crippen LogP contribution in [0.15, 0.2) is 41.6 Å². The zero-order valence-corrected chi connectivity index (χ0v) is 17.0. The highest BCUT2D eigenvalue weighted by Gasteiger charge is 2.36. The molecule has 1 N–H and O–H groups in total. The molecular formula is C20H27BrN2O3. The van der Waals surface area contributed by atoms with E-state index in [-0.39, 0.29) is 12.0 Å². The number of urea groups is 1. The first-order valence-corrected chi connectivity index (χ1v) is 10.3. The zero-order chi connectivity index (χ0) is 18.9. The average Bonchev–Trinajstić information content (AvgIpc) is 2.64. The molecule has 0 aliphatic carbocycles. The van der Waals surface area contributed by atoms with Crippen molar-refractivity contribution in [1.29, 1.82) is 0 Å². The van der Waals surface area contributed by atoms with Gasteiger partial charge in [0, 0.05) is 17.6 Å². The van der Waals surface area contributed by atoms with Gasteiger partial charge >= 0.3 is 12.0 Å². The second kappa shape index (κ2) is 10.4. The summed E-state index contributed by atoms with van der Waals surface area (Å²) in [5.41, 5.74) is 2.07. The molecule has 142 valence electrons. The van der Waals surface area contributed by atoms with Crippen LogP contribution in [0, 0.1) is 0 Å². The minimum absolute atomic E-state index is 0.162. The van der Waals surface area contributed by atoms with Crippen molar-refractivity contribution in [1.82, 2.24) is 10.2 Å². The highest BCUT2D eigenvalue weighted by atomic mass is 79.9. The molecule has 2 amide bonds. The largest absolute Gasteiger partial charge is 0.463 e. The molecule has 1 aliphatic heterocycles. The van der Waals surface area contributed by atoms with E-state index in [1.807, 2.05) is 37.3 Å². The molecule has 6 heteroatoms. The summed E-state index contributed by atoms with van der Waals surface area (Å²) in [5.74, 6) is -0.372. The number of carbonyl (C=O) groups is 2. The SMILES string of the molecule is CCOC(=O)C1=C(C)N(CCCCCCBr)C(=O)NC1c1ccccc1. The Morgan fingerprint density at radius 2 is 1.88 bits per heavy atom. The molecule has 1 aromatic rings. The van der Waals surface area contributed by atoms with E-state index in [9.17, 15) is 9.59 Å². The number of esters is 1. The summed E-state index contributed by atoms with van der Waals surface area (Å²) in [6.07, 6.45) is 4.22. The molecule has 5 nitrogen and oxygen atoms in total. The number of nitrogens with one attached hydrogen (secondary N) is 1. The average molecular weight is 423 g/mol. The zero-order valence-electron chi connectivity index (χ0n) is 15.5. The molecule has 0 spiro atoms. The number of hydrogen-bond donors (Lipinski definition) is 1. The fourth-order valence-corrected chi connectivity index (χ4v) is 3.53. The van der Waals surface area contributed by atoms with Gasteiger partial charge in [0.15, 0.2) is 0 Å². The van der Waals surface area contributed by atoms with Crippen LogP contribution in [0.25, 0.3) is 0 Å². The van der Waals surface area contributed by atoms with E-state index in [0.29, 0.717) is 24.4 Å². The summed E-state index contributed by atoms with van der Waals surface area (Å²) in [6, 6.07) is 8.89. The van der Waals surface area contributed by atoms with Crippen molar-refractivity contribution in [3.63, 3.8) is 0 Å². The molecule has 0 bridgehead atoms. The van der Waals surface area contributed by atoms with Crippen molar-refractivity contribution in [2.24, 2.45) is 0 Å². The maximum atomic E-state index is 12.7. The smallest absolute Gasteiger partial charge is 0.338 e. The number of ether oxygens (including phenoxy) is 1. The van der Waals surface area contributed by atoms with E-state index in [2.05, 4.69) is 21.2 Å². The molecule has 2 rings (SSSR count). The van der Waals surface area contributed by atoms with E-state index >= 15 is 0 Å². The van der Waals surface area contributed by atoms with Crippen LogP contribution in [0.2, 0.25) is 0 Å². The fraction of sp³-hybridized carbons (Fsp3) is 0.500. The topological polar surface area (TPSA) is 58.6 Å². The summed E-state index contributed by atoms with van der Waals surface area (Å²) in [7, 11) is 0. The summed E-state index contributed by atoms with van der Waals surface area (Å²) in [5, 5.41) is 3.98. The van der Waals surface area contributed by atoms with Crippen molar-refractivity contribution in [2.75, 3.05) is 18.5 Å². The predicted molar refractivity (Wildman–Crippen MR) is 106 cm³/mol. The monoisotopic (exact) mass is 422 g/mol. The van der Waals surface area contributed by atoms with Gasteiger partial charge in [-0.3, -0.25) is 4.90 Å². The minimum Gasteiger partial charge on any atom is -0.463 e. The summed E-state index contributed by atoms with van der Waals surface area (Å²) < 4.78 is 5.26. The molecule has 1 atom stereocenters. The van der Waals surface area contributed by atoms with Crippen LogP contribution in [-0.4, -0.2) is 35.4 Å². The molecule has 1 aliphatic rings. The molecule has 0 saturated carbocycles. The first-order valence-electron chi connectivity index (χ1n) is 9.17. The lowest BCUT2D eigenvalue weighted by atomic mass is 9.95. The maximum absolute atomic E-state index is 12.7. The lowest BCUT2D eigenvalue weighted by Crippen LogP contribution is -2.48. The maximum Gasteiger partial charge on any atom is 0.338 e. The van der Waals surface area contributed by atoms with Gasteiger partial charge in [0.25, 0.3) is 0 Å². The second-order valence-corrected chi connectivity index (χ2v) is 7.06. The van der Waals surface area contributed by atoms with Crippen molar-refractivity contribution in [3.05, 3.63) is 47.2 Å². The number of halogens is 1. The number of amides is 2. The molecule has 0 fully saturated rings. The van der Waals surface area contributed by atoms with Gasteiger partial charge in [-0.15, -0.1) is 0 Å². The lowest BCUT2D eigenvalue weighted by molar-refractivity contribution is -0.139. The van der Waals surface area contributed by atoms with Crippen molar-refractivity contribution in [2.45, 2.75) is 45.6 Å². The van der Waals surface area contributed by atoms with Crippen molar-refractivity contribution in [3.8, 4) is 0 Å². The Hall–Kier alpha value is -1.82. The van der Waals surface area contributed by atoms with Crippen LogP contribution in [0.5, 0.6) is 0 Å². The van der Waals surface area contributed by atoms with Crippen LogP contribution in [-0.2, 0) is 9.53 Å². The van der Waals surface area contributed by atoms with Gasteiger partial charge in [0.05, 0.1) is 18.2 Å². The second-order valence-electron chi connectivity index (χ2n) is 6.27. The summed E-state index contributed by atoms with van der Waals surface area (Å²) in [6.45, 7) is 4.52. The van der Waals surface area contributed by atoms with Gasteiger partial charge in [-0.05, 0) is 32.3 Å². The first-order chi connectivity index (χ1) is 12.6. The quantitative estimate of drug-likeness (QED) is 0.360. The number of carbonyl (C=O) groups excluding carboxylic acids is 2. The van der Waals surface area contributed by atoms with Gasteiger partial charge in [-0.25, -0.2) is 9.59 Å². The van der Waals surface area contributed by atoms with Crippen LogP contribution in [0.1, 0.15) is 51.1 Å². The number of hydrogen-bond acceptors (Lipinski definition) is 3. The van der Waals surface area contributed by atoms with Crippen LogP contribution >= 0.6 is 15.9 Å². The van der Waals surface area contributed by atoms with Gasteiger partial charge in [-0.1, -0.05) is 59.1 Å². The first kappa shape index (κ1) is 20.5. The van der Waals surface area contributed by atoms with E-state index in [1.165, 1.54) is 0 Å². The molecule has 1 unspecified atom stereocenters. The number of unbranched alkanes of at least 4 members (excludes halogenated alkanes) is 3. The van der Waals surface area contributed by atoms with Gasteiger partial charge in [0.1, 0.15) is 0 Å². The third-order valence-corrected chi connectivity index (χ3v) is 5.05. The van der Waals surface area contributed by atoms with E-state index in [0.717, 1.165) is 36.6 Å². The Labute approximate surface area is 163 Å². The summed E-state index contributed by atoms with van der Waals surface area (Å²) in [4.78, 5) is 26.9. The van der Waals surface area contributed by atoms with Gasteiger partial charge in [0.2, 0.25) is 0 Å². The van der Waals surface area contributed by atoms with Crippen LogP contribution in [0.4, 0.5) is 4.79 Å². The molecule has 0 radical (unpaired) electrons. The Balaban J connectivity index is 2.24. The molecule has 1 heterocycles. The molecule has 0 saturated heterocycles. The van der Waals surface area contributed by atoms with Gasteiger partial charge in [-0.2, -0.15) is 0 Å². The molecular weight excluding hydrogens is 396 g/mol. The van der Waals surface area contributed by atoms with Crippen LogP contribution in [0.3, 0.4) is 0 Å². The molecule has 0 aromatic heterocycles. The Kier molecular flexibility index (Phi) is 8.16. The number of rotatable bonds is 9. The normalized spacial score (nSPS) is 17.3.